The van der Waals surface area contributed by atoms with Gasteiger partial charge >= 0.3 is 6.03 Å². The average Bonchev–Trinajstić information content (AvgIpc) is 3.29. The van der Waals surface area contributed by atoms with E-state index in [4.69, 9.17) is 9.15 Å². The molecule has 1 aromatic heterocycles. The Bertz CT molecular complexity index is 886. The number of furan rings is 1. The van der Waals surface area contributed by atoms with Crippen LogP contribution in [-0.4, -0.2) is 41.9 Å². The first-order valence-corrected chi connectivity index (χ1v) is 8.90. The lowest BCUT2D eigenvalue weighted by Gasteiger charge is -2.31. The monoisotopic (exact) mass is 367 g/mol. The Kier molecular flexibility index (Phi) is 4.35. The number of nitrogens with one attached hydrogen (secondary N) is 1. The van der Waals surface area contributed by atoms with Crippen molar-refractivity contribution in [2.24, 2.45) is 0 Å². The lowest BCUT2D eigenvalue weighted by molar-refractivity contribution is -0.126. The third kappa shape index (κ3) is 3.05. The SMILES string of the molecule is CCOc1ccc([C@H]2NC(=O)N(C)C3=C2C(=O)N(Cc2ccco2)C3)cc1. The van der Waals surface area contributed by atoms with E-state index in [0.29, 0.717) is 31.0 Å². The smallest absolute Gasteiger partial charge is 0.322 e. The van der Waals surface area contributed by atoms with Gasteiger partial charge in [-0.3, -0.25) is 9.69 Å². The molecule has 27 heavy (non-hydrogen) atoms. The fourth-order valence-electron chi connectivity index (χ4n) is 3.51. The quantitative estimate of drug-likeness (QED) is 0.882. The molecule has 0 fully saturated rings. The van der Waals surface area contributed by atoms with E-state index in [-0.39, 0.29) is 11.9 Å². The van der Waals surface area contributed by atoms with Gasteiger partial charge < -0.3 is 19.4 Å². The minimum atomic E-state index is -0.478. The highest BCUT2D eigenvalue weighted by atomic mass is 16.5. The molecule has 0 saturated heterocycles. The molecule has 7 heteroatoms. The van der Waals surface area contributed by atoms with E-state index < -0.39 is 6.04 Å². The lowest BCUT2D eigenvalue weighted by Crippen LogP contribution is -2.45. The number of amides is 3. The van der Waals surface area contributed by atoms with Gasteiger partial charge in [0.1, 0.15) is 11.5 Å². The molecule has 2 aliphatic heterocycles. The molecule has 0 aliphatic carbocycles. The summed E-state index contributed by atoms with van der Waals surface area (Å²) in [4.78, 5) is 28.7. The van der Waals surface area contributed by atoms with Gasteiger partial charge in [0.05, 0.1) is 43.3 Å². The molecule has 1 aromatic carbocycles. The Morgan fingerprint density at radius 2 is 2.00 bits per heavy atom. The van der Waals surface area contributed by atoms with Crippen LogP contribution in [0.25, 0.3) is 0 Å². The molecule has 1 N–H and O–H groups in total. The van der Waals surface area contributed by atoms with E-state index in [0.717, 1.165) is 17.0 Å². The molecular weight excluding hydrogens is 346 g/mol. The Morgan fingerprint density at radius 1 is 1.22 bits per heavy atom. The van der Waals surface area contributed by atoms with Crippen LogP contribution >= 0.6 is 0 Å². The van der Waals surface area contributed by atoms with Gasteiger partial charge in [0.15, 0.2) is 0 Å². The molecule has 2 aromatic rings. The normalized spacial score (nSPS) is 19.4. The van der Waals surface area contributed by atoms with Crippen LogP contribution in [-0.2, 0) is 11.3 Å². The highest BCUT2D eigenvalue weighted by molar-refractivity contribution is 6.01. The van der Waals surface area contributed by atoms with Crippen LogP contribution in [0.3, 0.4) is 0 Å². The number of likely N-dealkylation sites (N-methyl/N-ethyl adjacent to an activating group) is 1. The summed E-state index contributed by atoms with van der Waals surface area (Å²) in [6.07, 6.45) is 1.59. The zero-order valence-electron chi connectivity index (χ0n) is 15.3. The first-order chi connectivity index (χ1) is 13.1. The Morgan fingerprint density at radius 3 is 2.67 bits per heavy atom. The first kappa shape index (κ1) is 17.2. The second-order valence-corrected chi connectivity index (χ2v) is 6.54. The van der Waals surface area contributed by atoms with Crippen LogP contribution in [0.5, 0.6) is 5.75 Å². The molecular formula is C20H21N3O4. The summed E-state index contributed by atoms with van der Waals surface area (Å²) in [6.45, 7) is 3.26. The third-order valence-corrected chi connectivity index (χ3v) is 4.89. The summed E-state index contributed by atoms with van der Waals surface area (Å²) in [7, 11) is 1.68. The molecule has 0 spiro atoms. The summed E-state index contributed by atoms with van der Waals surface area (Å²) >= 11 is 0. The van der Waals surface area contributed by atoms with Gasteiger partial charge in [-0.2, -0.15) is 0 Å². The third-order valence-electron chi connectivity index (χ3n) is 4.89. The van der Waals surface area contributed by atoms with E-state index in [9.17, 15) is 9.59 Å². The van der Waals surface area contributed by atoms with Gasteiger partial charge in [-0.05, 0) is 36.8 Å². The molecule has 140 valence electrons. The van der Waals surface area contributed by atoms with Crippen molar-refractivity contribution < 1.29 is 18.7 Å². The van der Waals surface area contributed by atoms with Gasteiger partial charge in [0.25, 0.3) is 5.91 Å². The van der Waals surface area contributed by atoms with Crippen molar-refractivity contribution in [3.8, 4) is 5.75 Å². The summed E-state index contributed by atoms with van der Waals surface area (Å²) in [5.41, 5.74) is 2.18. The maximum absolute atomic E-state index is 13.1. The van der Waals surface area contributed by atoms with Crippen LogP contribution in [0.4, 0.5) is 4.79 Å². The van der Waals surface area contributed by atoms with Crippen molar-refractivity contribution in [2.75, 3.05) is 20.2 Å². The van der Waals surface area contributed by atoms with Gasteiger partial charge in [-0.25, -0.2) is 4.79 Å². The minimum absolute atomic E-state index is 0.0906. The van der Waals surface area contributed by atoms with E-state index in [1.54, 1.807) is 24.3 Å². The van der Waals surface area contributed by atoms with Crippen LogP contribution < -0.4 is 10.1 Å². The number of carbonyl (C=O) groups excluding carboxylic acids is 2. The maximum Gasteiger partial charge on any atom is 0.322 e. The second kappa shape index (κ2) is 6.83. The number of benzene rings is 1. The van der Waals surface area contributed by atoms with Gasteiger partial charge in [-0.1, -0.05) is 12.1 Å². The van der Waals surface area contributed by atoms with E-state index in [1.807, 2.05) is 37.3 Å². The highest BCUT2D eigenvalue weighted by Gasteiger charge is 2.42. The summed E-state index contributed by atoms with van der Waals surface area (Å²) in [5.74, 6) is 1.38. The van der Waals surface area contributed by atoms with Gasteiger partial charge in [0, 0.05) is 7.05 Å². The summed E-state index contributed by atoms with van der Waals surface area (Å²) < 4.78 is 10.8. The number of ether oxygens (including phenoxy) is 1. The largest absolute Gasteiger partial charge is 0.494 e. The number of hydrogen-bond donors (Lipinski definition) is 1. The highest BCUT2D eigenvalue weighted by Crippen LogP contribution is 2.36. The molecule has 3 heterocycles. The molecule has 1 atom stereocenters. The number of carbonyl (C=O) groups is 2. The van der Waals surface area contributed by atoms with Gasteiger partial charge in [0.2, 0.25) is 0 Å². The van der Waals surface area contributed by atoms with Crippen molar-refractivity contribution >= 4 is 11.9 Å². The Labute approximate surface area is 157 Å². The lowest BCUT2D eigenvalue weighted by atomic mass is 9.95. The van der Waals surface area contributed by atoms with Crippen molar-refractivity contribution in [2.45, 2.75) is 19.5 Å². The molecule has 2 aliphatic rings. The fraction of sp³-hybridized carbons (Fsp3) is 0.300. The molecule has 3 amide bonds. The van der Waals surface area contributed by atoms with Crippen LogP contribution in [0.2, 0.25) is 0 Å². The molecule has 0 unspecified atom stereocenters. The first-order valence-electron chi connectivity index (χ1n) is 8.90. The molecule has 0 bridgehead atoms. The average molecular weight is 367 g/mol. The van der Waals surface area contributed by atoms with Crippen LogP contribution in [0, 0.1) is 0 Å². The number of hydrogen-bond acceptors (Lipinski definition) is 4. The predicted molar refractivity (Wildman–Crippen MR) is 97.8 cm³/mol. The molecule has 7 nitrogen and oxygen atoms in total. The van der Waals surface area contributed by atoms with Crippen molar-refractivity contribution in [1.82, 2.24) is 15.1 Å². The topological polar surface area (TPSA) is 75.0 Å². The second-order valence-electron chi connectivity index (χ2n) is 6.54. The predicted octanol–water partition coefficient (Wildman–Crippen LogP) is 2.67. The zero-order chi connectivity index (χ0) is 19.0. The molecule has 0 radical (unpaired) electrons. The van der Waals surface area contributed by atoms with Crippen molar-refractivity contribution in [1.29, 1.82) is 0 Å². The molecule has 4 rings (SSSR count). The zero-order valence-corrected chi connectivity index (χ0v) is 15.3. The maximum atomic E-state index is 13.1. The van der Waals surface area contributed by atoms with E-state index in [2.05, 4.69) is 5.32 Å². The number of nitrogens with zero attached hydrogens (tertiary/aromatic N) is 2. The van der Waals surface area contributed by atoms with E-state index in [1.165, 1.54) is 4.90 Å². The van der Waals surface area contributed by atoms with E-state index >= 15 is 0 Å². The summed E-state index contributed by atoms with van der Waals surface area (Å²) in [6, 6.07) is 10.4. The van der Waals surface area contributed by atoms with Crippen LogP contribution in [0.15, 0.2) is 58.3 Å². The van der Waals surface area contributed by atoms with Crippen molar-refractivity contribution in [3.05, 3.63) is 65.3 Å². The van der Waals surface area contributed by atoms with Crippen molar-refractivity contribution in [3.63, 3.8) is 0 Å². The van der Waals surface area contributed by atoms with Crippen LogP contribution in [0.1, 0.15) is 24.3 Å². The Balaban J connectivity index is 1.64. The molecule has 0 saturated carbocycles. The Hall–Kier alpha value is -3.22. The number of urea groups is 1. The summed E-state index contributed by atoms with van der Waals surface area (Å²) in [5, 5.41) is 2.93. The van der Waals surface area contributed by atoms with Gasteiger partial charge in [-0.15, -0.1) is 0 Å². The standard InChI is InChI=1S/C20H21N3O4/c1-3-26-14-8-6-13(7-9-14)18-17-16(22(2)20(25)21-18)12-23(19(17)24)11-15-5-4-10-27-15/h4-10,18H,3,11-12H2,1-2H3,(H,21,25)/t18-/m1/s1. The number of rotatable bonds is 5. The fourth-order valence-corrected chi connectivity index (χ4v) is 3.51. The minimum Gasteiger partial charge on any atom is -0.494 e.